The monoisotopic (exact) mass is 342 g/mol. The highest BCUT2D eigenvalue weighted by Crippen LogP contribution is 2.29. The Balaban J connectivity index is 1.94. The van der Waals surface area contributed by atoms with Crippen molar-refractivity contribution in [2.45, 2.75) is 39.0 Å². The van der Waals surface area contributed by atoms with Gasteiger partial charge in [-0.3, -0.25) is 4.79 Å². The van der Waals surface area contributed by atoms with Gasteiger partial charge in [-0.2, -0.15) is 0 Å². The van der Waals surface area contributed by atoms with Crippen molar-refractivity contribution in [1.29, 1.82) is 0 Å². The minimum Gasteiger partial charge on any atom is -0.299 e. The minimum atomic E-state index is 0.318. The molecule has 1 aromatic carbocycles. The number of carbonyl (C=O) groups excluding carboxylic acids is 1. The number of halogens is 1. The molecule has 0 aromatic heterocycles. The first-order valence-corrected chi connectivity index (χ1v) is 7.50. The summed E-state index contributed by atoms with van der Waals surface area (Å²) in [5.41, 5.74) is 1.16. The highest BCUT2D eigenvalue weighted by atomic mass is 127. The second-order valence-electron chi connectivity index (χ2n) is 5.24. The van der Waals surface area contributed by atoms with Gasteiger partial charge in [-0.15, -0.1) is 0 Å². The third kappa shape index (κ3) is 3.80. The maximum Gasteiger partial charge on any atom is 0.140 e. The van der Waals surface area contributed by atoms with Crippen molar-refractivity contribution >= 4 is 28.4 Å². The van der Waals surface area contributed by atoms with Crippen molar-refractivity contribution in [2.24, 2.45) is 11.8 Å². The van der Waals surface area contributed by atoms with E-state index in [4.69, 9.17) is 0 Å². The summed E-state index contributed by atoms with van der Waals surface area (Å²) in [7, 11) is 0. The Morgan fingerprint density at radius 2 is 2.00 bits per heavy atom. The van der Waals surface area contributed by atoms with Gasteiger partial charge >= 0.3 is 0 Å². The molecule has 1 aromatic rings. The summed E-state index contributed by atoms with van der Waals surface area (Å²) in [5, 5.41) is 0. The van der Waals surface area contributed by atoms with Crippen LogP contribution in [0, 0.1) is 15.4 Å². The summed E-state index contributed by atoms with van der Waals surface area (Å²) in [4.78, 5) is 12.2. The topological polar surface area (TPSA) is 17.1 Å². The van der Waals surface area contributed by atoms with Gasteiger partial charge in [0.05, 0.1) is 0 Å². The van der Waals surface area contributed by atoms with Gasteiger partial charge in [-0.25, -0.2) is 0 Å². The minimum absolute atomic E-state index is 0.318. The number of hydrogen-bond donors (Lipinski definition) is 0. The van der Waals surface area contributed by atoms with Crippen LogP contribution in [0.15, 0.2) is 24.3 Å². The van der Waals surface area contributed by atoms with E-state index in [0.717, 1.165) is 24.3 Å². The van der Waals surface area contributed by atoms with Crippen LogP contribution in [0.4, 0.5) is 0 Å². The van der Waals surface area contributed by atoms with Crippen molar-refractivity contribution in [2.75, 3.05) is 0 Å². The fourth-order valence-electron chi connectivity index (χ4n) is 2.67. The molecule has 0 N–H and O–H groups in total. The van der Waals surface area contributed by atoms with Gasteiger partial charge in [-0.1, -0.05) is 31.9 Å². The quantitative estimate of drug-likeness (QED) is 0.752. The van der Waals surface area contributed by atoms with E-state index in [1.54, 1.807) is 0 Å². The van der Waals surface area contributed by atoms with Crippen LogP contribution in [0.2, 0.25) is 0 Å². The Bertz CT molecular complexity index is 382. The molecule has 0 aliphatic heterocycles. The second-order valence-corrected chi connectivity index (χ2v) is 6.48. The first-order valence-electron chi connectivity index (χ1n) is 6.42. The molecule has 1 aliphatic rings. The van der Waals surface area contributed by atoms with Crippen LogP contribution in [0.1, 0.15) is 38.2 Å². The van der Waals surface area contributed by atoms with Gasteiger partial charge in [0, 0.05) is 15.9 Å². The number of rotatable bonds is 3. The molecule has 0 heterocycles. The number of benzene rings is 1. The summed E-state index contributed by atoms with van der Waals surface area (Å²) in [6, 6.07) is 8.30. The highest BCUT2D eigenvalue weighted by Gasteiger charge is 2.24. The molecule has 1 fully saturated rings. The zero-order valence-corrected chi connectivity index (χ0v) is 12.4. The third-order valence-corrected chi connectivity index (χ3v) is 4.40. The van der Waals surface area contributed by atoms with Gasteiger partial charge in [-0.05, 0) is 59.0 Å². The summed E-state index contributed by atoms with van der Waals surface area (Å²) in [6.07, 6.45) is 5.35. The Hall–Kier alpha value is -0.380. The molecule has 1 saturated carbocycles. The molecule has 17 heavy (non-hydrogen) atoms. The fourth-order valence-corrected chi connectivity index (χ4v) is 3.03. The third-order valence-electron chi connectivity index (χ3n) is 3.68. The lowest BCUT2D eigenvalue weighted by Gasteiger charge is -2.25. The number of ketones is 1. The van der Waals surface area contributed by atoms with Crippen LogP contribution in [0.5, 0.6) is 0 Å². The van der Waals surface area contributed by atoms with E-state index in [2.05, 4.69) is 53.8 Å². The lowest BCUT2D eigenvalue weighted by molar-refractivity contribution is -0.123. The van der Waals surface area contributed by atoms with E-state index < -0.39 is 0 Å². The molecule has 2 atom stereocenters. The van der Waals surface area contributed by atoms with Crippen LogP contribution in [-0.2, 0) is 11.2 Å². The first kappa shape index (κ1) is 13.1. The molecular formula is C15H19IO. The standard InChI is InChI=1S/C15H19IO/c1-11-3-2-4-13(9-11)15(17)10-12-5-7-14(16)8-6-12/h5-8,11,13H,2-4,9-10H2,1H3. The second kappa shape index (κ2) is 5.98. The van der Waals surface area contributed by atoms with E-state index in [-0.39, 0.29) is 0 Å². The predicted molar refractivity (Wildman–Crippen MR) is 79.0 cm³/mol. The number of carbonyl (C=O) groups is 1. The van der Waals surface area contributed by atoms with Crippen LogP contribution < -0.4 is 0 Å². The maximum atomic E-state index is 12.2. The maximum absolute atomic E-state index is 12.2. The molecule has 2 unspecified atom stereocenters. The Morgan fingerprint density at radius 1 is 1.29 bits per heavy atom. The van der Waals surface area contributed by atoms with Crippen LogP contribution in [0.3, 0.4) is 0 Å². The summed E-state index contributed by atoms with van der Waals surface area (Å²) in [6.45, 7) is 2.27. The normalized spacial score (nSPS) is 24.6. The van der Waals surface area contributed by atoms with Gasteiger partial charge < -0.3 is 0 Å². The lowest BCUT2D eigenvalue weighted by Crippen LogP contribution is -2.23. The molecule has 0 radical (unpaired) electrons. The smallest absolute Gasteiger partial charge is 0.140 e. The van der Waals surface area contributed by atoms with E-state index in [9.17, 15) is 4.79 Å². The average molecular weight is 342 g/mol. The Labute approximate surface area is 117 Å². The van der Waals surface area contributed by atoms with Gasteiger partial charge in [0.25, 0.3) is 0 Å². The zero-order chi connectivity index (χ0) is 12.3. The van der Waals surface area contributed by atoms with E-state index in [1.807, 2.05) is 0 Å². The summed E-state index contributed by atoms with van der Waals surface area (Å²) < 4.78 is 1.23. The van der Waals surface area contributed by atoms with E-state index in [1.165, 1.54) is 16.4 Å². The van der Waals surface area contributed by atoms with Gasteiger partial charge in [0.1, 0.15) is 5.78 Å². The van der Waals surface area contributed by atoms with E-state index >= 15 is 0 Å². The Morgan fingerprint density at radius 3 is 2.65 bits per heavy atom. The molecule has 0 spiro atoms. The molecule has 0 saturated heterocycles. The SMILES string of the molecule is CC1CCCC(C(=O)Cc2ccc(I)cc2)C1. The van der Waals surface area contributed by atoms with Crippen LogP contribution in [-0.4, -0.2) is 5.78 Å². The van der Waals surface area contributed by atoms with Gasteiger partial charge in [0.15, 0.2) is 0 Å². The van der Waals surface area contributed by atoms with Gasteiger partial charge in [0.2, 0.25) is 0 Å². The van der Waals surface area contributed by atoms with Crippen LogP contribution >= 0.6 is 22.6 Å². The largest absolute Gasteiger partial charge is 0.299 e. The summed E-state index contributed by atoms with van der Waals surface area (Å²) in [5.74, 6) is 1.49. The van der Waals surface area contributed by atoms with Crippen molar-refractivity contribution < 1.29 is 4.79 Å². The molecule has 1 nitrogen and oxygen atoms in total. The molecule has 0 bridgehead atoms. The van der Waals surface area contributed by atoms with Crippen molar-refractivity contribution in [3.63, 3.8) is 0 Å². The van der Waals surface area contributed by atoms with E-state index in [0.29, 0.717) is 18.1 Å². The molecule has 1 aliphatic carbocycles. The van der Waals surface area contributed by atoms with Crippen LogP contribution in [0.25, 0.3) is 0 Å². The molecular weight excluding hydrogens is 323 g/mol. The predicted octanol–water partition coefficient (Wildman–Crippen LogP) is 4.23. The first-order chi connectivity index (χ1) is 8.15. The average Bonchev–Trinajstić information content (AvgIpc) is 2.32. The van der Waals surface area contributed by atoms with Crippen molar-refractivity contribution in [1.82, 2.24) is 0 Å². The molecule has 2 heteroatoms. The number of Topliss-reactive ketones (excluding diaryl/α,β-unsaturated/α-hetero) is 1. The lowest BCUT2D eigenvalue weighted by atomic mass is 9.79. The molecule has 2 rings (SSSR count). The molecule has 92 valence electrons. The number of hydrogen-bond acceptors (Lipinski definition) is 1. The zero-order valence-electron chi connectivity index (χ0n) is 10.3. The van der Waals surface area contributed by atoms with Crippen molar-refractivity contribution in [3.8, 4) is 0 Å². The highest BCUT2D eigenvalue weighted by molar-refractivity contribution is 14.1. The van der Waals surface area contributed by atoms with Crippen molar-refractivity contribution in [3.05, 3.63) is 33.4 Å². The summed E-state index contributed by atoms with van der Waals surface area (Å²) >= 11 is 2.29. The Kier molecular flexibility index (Phi) is 4.60. The fraction of sp³-hybridized carbons (Fsp3) is 0.533. The molecule has 0 amide bonds.